The Kier molecular flexibility index (Phi) is 4.70. The first-order chi connectivity index (χ1) is 13.6. The van der Waals surface area contributed by atoms with E-state index in [9.17, 15) is 14.4 Å². The van der Waals surface area contributed by atoms with Crippen LogP contribution in [0.3, 0.4) is 0 Å². The molecule has 2 amide bonds. The third kappa shape index (κ3) is 3.18. The minimum absolute atomic E-state index is 0.0908. The summed E-state index contributed by atoms with van der Waals surface area (Å²) in [6.45, 7) is 0. The number of aromatic nitrogens is 2. The van der Waals surface area contributed by atoms with Crippen molar-refractivity contribution in [3.8, 4) is 11.3 Å². The van der Waals surface area contributed by atoms with E-state index in [1.165, 1.54) is 23.9 Å². The number of fused-ring (bicyclic) bond motifs is 1. The van der Waals surface area contributed by atoms with Gasteiger partial charge in [0.15, 0.2) is 5.16 Å². The van der Waals surface area contributed by atoms with Crippen molar-refractivity contribution in [2.75, 3.05) is 5.75 Å². The largest absolute Gasteiger partial charge is 0.343 e. The first-order valence-corrected chi connectivity index (χ1v) is 9.43. The van der Waals surface area contributed by atoms with E-state index in [1.807, 2.05) is 41.9 Å². The summed E-state index contributed by atoms with van der Waals surface area (Å²) < 4.78 is 1.87. The van der Waals surface area contributed by atoms with Crippen molar-refractivity contribution in [2.45, 2.75) is 5.16 Å². The smallest absolute Gasteiger partial charge is 0.329 e. The van der Waals surface area contributed by atoms with Crippen molar-refractivity contribution in [3.63, 3.8) is 0 Å². The van der Waals surface area contributed by atoms with E-state index >= 15 is 0 Å². The topological polar surface area (TPSA) is 81.5 Å². The number of nitrogens with zero attached hydrogens (tertiary/aromatic N) is 3. The fraction of sp³-hybridized carbons (Fsp3) is 0.100. The molecule has 0 radical (unpaired) electrons. The van der Waals surface area contributed by atoms with Crippen LogP contribution in [0.25, 0.3) is 11.3 Å². The molecular formula is C20H15N3O4S. The number of hydroxylamine groups is 2. The number of benzene rings is 2. The first kappa shape index (κ1) is 18.0. The van der Waals surface area contributed by atoms with Gasteiger partial charge in [0.25, 0.3) is 11.8 Å². The second-order valence-electron chi connectivity index (χ2n) is 6.05. The van der Waals surface area contributed by atoms with Gasteiger partial charge in [-0.1, -0.05) is 59.3 Å². The molecule has 0 N–H and O–H groups in total. The number of carbonyl (C=O) groups excluding carboxylic acids is 3. The van der Waals surface area contributed by atoms with Crippen molar-refractivity contribution >= 4 is 29.5 Å². The lowest BCUT2D eigenvalue weighted by Crippen LogP contribution is -2.33. The van der Waals surface area contributed by atoms with E-state index in [0.717, 1.165) is 11.3 Å². The van der Waals surface area contributed by atoms with Crippen LogP contribution in [0, 0.1) is 0 Å². The van der Waals surface area contributed by atoms with Crippen LogP contribution in [0.5, 0.6) is 0 Å². The molecule has 0 spiro atoms. The zero-order valence-electron chi connectivity index (χ0n) is 14.9. The van der Waals surface area contributed by atoms with Gasteiger partial charge < -0.3 is 9.40 Å². The fourth-order valence-corrected chi connectivity index (χ4v) is 3.62. The van der Waals surface area contributed by atoms with Crippen LogP contribution in [0.1, 0.15) is 20.7 Å². The summed E-state index contributed by atoms with van der Waals surface area (Å²) in [4.78, 5) is 46.0. The highest BCUT2D eigenvalue weighted by molar-refractivity contribution is 7.99. The lowest BCUT2D eigenvalue weighted by atomic mass is 10.1. The summed E-state index contributed by atoms with van der Waals surface area (Å²) in [7, 11) is 1.85. The summed E-state index contributed by atoms with van der Waals surface area (Å²) in [6, 6.07) is 16.1. The maximum Gasteiger partial charge on any atom is 0.343 e. The van der Waals surface area contributed by atoms with Gasteiger partial charge in [-0.2, -0.15) is 0 Å². The predicted octanol–water partition coefficient (Wildman–Crippen LogP) is 2.93. The molecule has 2 heterocycles. The molecule has 140 valence electrons. The quantitative estimate of drug-likeness (QED) is 0.490. The molecule has 0 aliphatic carbocycles. The Morgan fingerprint density at radius 2 is 1.61 bits per heavy atom. The summed E-state index contributed by atoms with van der Waals surface area (Å²) in [5.41, 5.74) is 2.38. The number of imidazole rings is 1. The highest BCUT2D eigenvalue weighted by atomic mass is 32.2. The molecule has 2 aromatic carbocycles. The number of hydrogen-bond acceptors (Lipinski definition) is 6. The maximum atomic E-state index is 12.2. The van der Waals surface area contributed by atoms with E-state index < -0.39 is 17.8 Å². The van der Waals surface area contributed by atoms with Crippen molar-refractivity contribution in [1.82, 2.24) is 14.6 Å². The monoisotopic (exact) mass is 393 g/mol. The standard InChI is InChI=1S/C20H15N3O4S/c1-22-16(13-7-3-2-4-8-13)11-21-20(22)28-12-17(24)27-23-18(25)14-9-5-6-10-15(14)19(23)26/h2-11H,12H2,1H3. The minimum Gasteiger partial charge on any atom is -0.329 e. The highest BCUT2D eigenvalue weighted by Crippen LogP contribution is 2.26. The molecule has 1 aliphatic heterocycles. The minimum atomic E-state index is -0.705. The second-order valence-corrected chi connectivity index (χ2v) is 7.00. The number of amides is 2. The molecule has 4 rings (SSSR count). The van der Waals surface area contributed by atoms with Gasteiger partial charge in [-0.25, -0.2) is 9.78 Å². The van der Waals surface area contributed by atoms with E-state index in [-0.39, 0.29) is 16.9 Å². The van der Waals surface area contributed by atoms with Crippen LogP contribution in [-0.2, 0) is 16.7 Å². The molecule has 0 fully saturated rings. The average molecular weight is 393 g/mol. The van der Waals surface area contributed by atoms with E-state index in [1.54, 1.807) is 18.3 Å². The first-order valence-electron chi connectivity index (χ1n) is 8.45. The van der Waals surface area contributed by atoms with E-state index in [4.69, 9.17) is 4.84 Å². The van der Waals surface area contributed by atoms with Crippen molar-refractivity contribution in [2.24, 2.45) is 7.05 Å². The molecule has 1 aliphatic rings. The molecule has 28 heavy (non-hydrogen) atoms. The Morgan fingerprint density at radius 3 is 2.25 bits per heavy atom. The van der Waals surface area contributed by atoms with Crippen LogP contribution in [0.2, 0.25) is 0 Å². The second kappa shape index (κ2) is 7.32. The Labute approximate surface area is 164 Å². The lowest BCUT2D eigenvalue weighted by Gasteiger charge is -2.12. The van der Waals surface area contributed by atoms with Gasteiger partial charge in [-0.15, -0.1) is 0 Å². The molecule has 0 atom stereocenters. The normalized spacial score (nSPS) is 13.0. The summed E-state index contributed by atoms with van der Waals surface area (Å²) in [5, 5.41) is 1.14. The zero-order valence-corrected chi connectivity index (χ0v) is 15.7. The van der Waals surface area contributed by atoms with Crippen LogP contribution < -0.4 is 0 Å². The molecule has 0 saturated heterocycles. The predicted molar refractivity (Wildman–Crippen MR) is 102 cm³/mol. The average Bonchev–Trinajstić information content (AvgIpc) is 3.20. The molecule has 0 saturated carbocycles. The molecule has 3 aromatic rings. The molecule has 0 bridgehead atoms. The summed E-state index contributed by atoms with van der Waals surface area (Å²) in [6.07, 6.45) is 1.73. The van der Waals surface area contributed by atoms with Crippen LogP contribution >= 0.6 is 11.8 Å². The van der Waals surface area contributed by atoms with Gasteiger partial charge >= 0.3 is 5.97 Å². The van der Waals surface area contributed by atoms with Crippen LogP contribution in [-0.4, -0.2) is 38.2 Å². The third-order valence-corrected chi connectivity index (χ3v) is 5.30. The Morgan fingerprint density at radius 1 is 1.00 bits per heavy atom. The van der Waals surface area contributed by atoms with Gasteiger partial charge in [0.1, 0.15) is 5.75 Å². The third-order valence-electron chi connectivity index (χ3n) is 4.28. The van der Waals surface area contributed by atoms with Crippen molar-refractivity contribution in [3.05, 3.63) is 71.9 Å². The number of hydrogen-bond donors (Lipinski definition) is 0. The van der Waals surface area contributed by atoms with Gasteiger partial charge in [0.05, 0.1) is 23.0 Å². The van der Waals surface area contributed by atoms with Gasteiger partial charge in [-0.3, -0.25) is 9.59 Å². The van der Waals surface area contributed by atoms with Gasteiger partial charge in [0, 0.05) is 7.05 Å². The van der Waals surface area contributed by atoms with Gasteiger partial charge in [0.2, 0.25) is 0 Å². The highest BCUT2D eigenvalue weighted by Gasteiger charge is 2.38. The SMILES string of the molecule is Cn1c(-c2ccccc2)cnc1SCC(=O)ON1C(=O)c2ccccc2C1=O. The van der Waals surface area contributed by atoms with Crippen molar-refractivity contribution in [1.29, 1.82) is 0 Å². The Hall–Kier alpha value is -3.39. The van der Waals surface area contributed by atoms with E-state index in [0.29, 0.717) is 10.2 Å². The van der Waals surface area contributed by atoms with Crippen LogP contribution in [0.15, 0.2) is 66.0 Å². The molecular weight excluding hydrogens is 378 g/mol. The molecule has 8 heteroatoms. The summed E-state index contributed by atoms with van der Waals surface area (Å²) in [5.74, 6) is -2.07. The number of thioether (sulfide) groups is 1. The fourth-order valence-electron chi connectivity index (χ4n) is 2.91. The number of rotatable bonds is 5. The van der Waals surface area contributed by atoms with Crippen molar-refractivity contribution < 1.29 is 19.2 Å². The number of imide groups is 1. The van der Waals surface area contributed by atoms with Crippen LogP contribution in [0.4, 0.5) is 0 Å². The number of carbonyl (C=O) groups is 3. The molecule has 1 aromatic heterocycles. The Balaban J connectivity index is 1.40. The van der Waals surface area contributed by atoms with E-state index in [2.05, 4.69) is 4.98 Å². The zero-order chi connectivity index (χ0) is 19.7. The molecule has 7 nitrogen and oxygen atoms in total. The maximum absolute atomic E-state index is 12.2. The Bertz CT molecular complexity index is 1040. The molecule has 0 unspecified atom stereocenters. The van der Waals surface area contributed by atoms with Gasteiger partial charge in [-0.05, 0) is 17.7 Å². The lowest BCUT2D eigenvalue weighted by molar-refractivity contribution is -0.165. The summed E-state index contributed by atoms with van der Waals surface area (Å²) >= 11 is 1.17.